The predicted octanol–water partition coefficient (Wildman–Crippen LogP) is 3.82. The highest BCUT2D eigenvalue weighted by atomic mass is 16.5. The zero-order chi connectivity index (χ0) is 19.5. The molecular weight excluding hydrogens is 338 g/mol. The van der Waals surface area contributed by atoms with E-state index < -0.39 is 0 Å². The van der Waals surface area contributed by atoms with Gasteiger partial charge in [-0.1, -0.05) is 32.8 Å². The largest absolute Gasteiger partial charge is 0.493 e. The molecule has 0 atom stereocenters. The van der Waals surface area contributed by atoms with E-state index in [1.165, 1.54) is 37.7 Å². The molecule has 2 fully saturated rings. The highest BCUT2D eigenvalue weighted by Gasteiger charge is 2.41. The maximum Gasteiger partial charge on any atom is 0.193 e. The molecule has 1 aromatic carbocycles. The van der Waals surface area contributed by atoms with Gasteiger partial charge in [0.2, 0.25) is 0 Å². The van der Waals surface area contributed by atoms with Gasteiger partial charge in [0, 0.05) is 32.1 Å². The highest BCUT2D eigenvalue weighted by Crippen LogP contribution is 2.45. The number of methoxy groups -OCH3 is 2. The smallest absolute Gasteiger partial charge is 0.193 e. The molecule has 5 nitrogen and oxygen atoms in total. The van der Waals surface area contributed by atoms with Crippen molar-refractivity contribution in [1.29, 1.82) is 0 Å². The summed E-state index contributed by atoms with van der Waals surface area (Å²) in [5, 5.41) is 3.63. The van der Waals surface area contributed by atoms with Gasteiger partial charge >= 0.3 is 0 Å². The summed E-state index contributed by atoms with van der Waals surface area (Å²) < 4.78 is 10.8. The summed E-state index contributed by atoms with van der Waals surface area (Å²) in [6, 6.07) is 6.18. The Balaban J connectivity index is 1.65. The molecule has 0 amide bonds. The van der Waals surface area contributed by atoms with Gasteiger partial charge in [-0.2, -0.15) is 0 Å². The topological polar surface area (TPSA) is 46.1 Å². The van der Waals surface area contributed by atoms with Crippen molar-refractivity contribution in [3.05, 3.63) is 23.8 Å². The Labute approximate surface area is 164 Å². The number of nitrogens with zero attached hydrogens (tertiary/aromatic N) is 2. The summed E-state index contributed by atoms with van der Waals surface area (Å²) in [7, 11) is 5.24. The lowest BCUT2D eigenvalue weighted by Crippen LogP contribution is -2.45. The van der Waals surface area contributed by atoms with E-state index in [1.807, 2.05) is 13.1 Å². The zero-order valence-corrected chi connectivity index (χ0v) is 17.6. The van der Waals surface area contributed by atoms with E-state index in [-0.39, 0.29) is 5.41 Å². The third-order valence-corrected chi connectivity index (χ3v) is 6.47. The molecule has 5 heteroatoms. The van der Waals surface area contributed by atoms with Crippen molar-refractivity contribution < 1.29 is 9.47 Å². The number of aliphatic imine (C=N–C) groups is 1. The van der Waals surface area contributed by atoms with Gasteiger partial charge in [-0.25, -0.2) is 0 Å². The maximum absolute atomic E-state index is 5.48. The van der Waals surface area contributed by atoms with E-state index in [0.29, 0.717) is 5.41 Å². The van der Waals surface area contributed by atoms with Crippen LogP contribution in [0.25, 0.3) is 0 Å². The minimum atomic E-state index is -0.0553. The van der Waals surface area contributed by atoms with Gasteiger partial charge in [0.1, 0.15) is 0 Å². The Morgan fingerprint density at radius 1 is 1.15 bits per heavy atom. The Bertz CT molecular complexity index is 678. The van der Waals surface area contributed by atoms with Crippen LogP contribution >= 0.6 is 0 Å². The van der Waals surface area contributed by atoms with E-state index in [0.717, 1.165) is 37.1 Å². The van der Waals surface area contributed by atoms with Crippen LogP contribution in [0.3, 0.4) is 0 Å². The number of nitrogens with one attached hydrogen (secondary N) is 1. The third-order valence-electron chi connectivity index (χ3n) is 6.47. The molecule has 1 aliphatic heterocycles. The number of ether oxygens (including phenoxy) is 2. The van der Waals surface area contributed by atoms with Gasteiger partial charge in [0.05, 0.1) is 14.2 Å². The number of guanidine groups is 1. The van der Waals surface area contributed by atoms with Crippen molar-refractivity contribution in [2.24, 2.45) is 10.4 Å². The first-order valence-corrected chi connectivity index (χ1v) is 10.1. The summed E-state index contributed by atoms with van der Waals surface area (Å²) in [6.07, 6.45) is 6.88. The quantitative estimate of drug-likeness (QED) is 0.629. The van der Waals surface area contributed by atoms with Crippen LogP contribution in [0.5, 0.6) is 11.5 Å². The molecule has 27 heavy (non-hydrogen) atoms. The summed E-state index contributed by atoms with van der Waals surface area (Å²) in [5.41, 5.74) is 1.72. The Hall–Kier alpha value is -1.91. The van der Waals surface area contributed by atoms with E-state index in [4.69, 9.17) is 9.47 Å². The van der Waals surface area contributed by atoms with Crippen molar-refractivity contribution in [2.45, 2.75) is 51.4 Å². The van der Waals surface area contributed by atoms with E-state index in [2.05, 4.69) is 41.2 Å². The Morgan fingerprint density at radius 3 is 2.48 bits per heavy atom. The van der Waals surface area contributed by atoms with Gasteiger partial charge in [-0.15, -0.1) is 0 Å². The number of rotatable bonds is 5. The van der Waals surface area contributed by atoms with Crippen LogP contribution in [0.2, 0.25) is 0 Å². The maximum atomic E-state index is 5.48. The van der Waals surface area contributed by atoms with Gasteiger partial charge < -0.3 is 19.7 Å². The van der Waals surface area contributed by atoms with Gasteiger partial charge in [0.25, 0.3) is 0 Å². The minimum absolute atomic E-state index is 0.0553. The van der Waals surface area contributed by atoms with Crippen molar-refractivity contribution >= 4 is 5.96 Å². The summed E-state index contributed by atoms with van der Waals surface area (Å²) in [5.74, 6) is 2.57. The molecular formula is C22H35N3O2. The summed E-state index contributed by atoms with van der Waals surface area (Å²) in [6.45, 7) is 7.59. The molecule has 0 bridgehead atoms. The molecule has 1 aliphatic carbocycles. The number of likely N-dealkylation sites (tertiary alicyclic amines) is 1. The second-order valence-electron chi connectivity index (χ2n) is 8.73. The number of benzene rings is 1. The van der Waals surface area contributed by atoms with Crippen LogP contribution in [0.1, 0.15) is 51.5 Å². The molecule has 1 aromatic rings. The van der Waals surface area contributed by atoms with Crippen molar-refractivity contribution in [3.63, 3.8) is 0 Å². The molecule has 2 aliphatic rings. The van der Waals surface area contributed by atoms with Gasteiger partial charge in [0.15, 0.2) is 17.5 Å². The van der Waals surface area contributed by atoms with E-state index >= 15 is 0 Å². The molecule has 3 rings (SSSR count). The minimum Gasteiger partial charge on any atom is -0.493 e. The molecule has 1 saturated carbocycles. The average Bonchev–Trinajstić information content (AvgIpc) is 3.31. The molecule has 150 valence electrons. The predicted molar refractivity (Wildman–Crippen MR) is 111 cm³/mol. The molecule has 0 aromatic heterocycles. The summed E-state index contributed by atoms with van der Waals surface area (Å²) >= 11 is 0. The number of hydrogen-bond donors (Lipinski definition) is 1. The Morgan fingerprint density at radius 2 is 1.85 bits per heavy atom. The average molecular weight is 374 g/mol. The molecule has 1 spiro atoms. The fraction of sp³-hybridized carbons (Fsp3) is 0.682. The molecule has 1 heterocycles. The van der Waals surface area contributed by atoms with E-state index in [1.54, 1.807) is 14.2 Å². The van der Waals surface area contributed by atoms with Crippen LogP contribution < -0.4 is 14.8 Å². The second-order valence-corrected chi connectivity index (χ2v) is 8.73. The van der Waals surface area contributed by atoms with Crippen molar-refractivity contribution in [2.75, 3.05) is 40.9 Å². The lowest BCUT2D eigenvalue weighted by molar-refractivity contribution is 0.308. The normalized spacial score (nSPS) is 19.6. The second kappa shape index (κ2) is 7.99. The molecule has 1 saturated heterocycles. The van der Waals surface area contributed by atoms with Crippen LogP contribution in [0, 0.1) is 5.41 Å². The fourth-order valence-corrected chi connectivity index (χ4v) is 4.64. The SMILES string of the molecule is CN=C(NCC(C)(C)c1ccc(OC)c(OC)c1)N1CCC2(CCCC2)C1. The zero-order valence-electron chi connectivity index (χ0n) is 17.6. The van der Waals surface area contributed by atoms with Gasteiger partial charge in [-0.3, -0.25) is 4.99 Å². The number of hydrogen-bond acceptors (Lipinski definition) is 3. The summed E-state index contributed by atoms with van der Waals surface area (Å²) in [4.78, 5) is 7.02. The van der Waals surface area contributed by atoms with Crippen LogP contribution in [0.15, 0.2) is 23.2 Å². The lowest BCUT2D eigenvalue weighted by Gasteiger charge is -2.30. The van der Waals surface area contributed by atoms with Crippen LogP contribution in [0.4, 0.5) is 0 Å². The first-order valence-electron chi connectivity index (χ1n) is 10.1. The van der Waals surface area contributed by atoms with Crippen molar-refractivity contribution in [1.82, 2.24) is 10.2 Å². The standard InChI is InChI=1S/C22H35N3O2/c1-21(2,17-8-9-18(26-4)19(14-17)27-5)15-24-20(23-3)25-13-12-22(16-25)10-6-7-11-22/h8-9,14H,6-7,10-13,15-16H2,1-5H3,(H,23,24). The van der Waals surface area contributed by atoms with E-state index in [9.17, 15) is 0 Å². The van der Waals surface area contributed by atoms with Crippen molar-refractivity contribution in [3.8, 4) is 11.5 Å². The molecule has 1 N–H and O–H groups in total. The highest BCUT2D eigenvalue weighted by molar-refractivity contribution is 5.80. The van der Waals surface area contributed by atoms with Gasteiger partial charge in [-0.05, 0) is 42.4 Å². The van der Waals surface area contributed by atoms with Crippen LogP contribution in [-0.2, 0) is 5.41 Å². The fourth-order valence-electron chi connectivity index (χ4n) is 4.64. The third kappa shape index (κ3) is 4.17. The monoisotopic (exact) mass is 373 g/mol. The first-order chi connectivity index (χ1) is 12.9. The van der Waals surface area contributed by atoms with Crippen LogP contribution in [-0.4, -0.2) is 51.8 Å². The Kier molecular flexibility index (Phi) is 5.87. The first kappa shape index (κ1) is 19.8. The molecule has 0 radical (unpaired) electrons. The molecule has 0 unspecified atom stereocenters. The lowest BCUT2D eigenvalue weighted by atomic mass is 9.84.